The van der Waals surface area contributed by atoms with Crippen LogP contribution in [0.15, 0.2) is 18.2 Å². The number of anilines is 1. The molecule has 0 saturated heterocycles. The maximum absolute atomic E-state index is 12.5. The van der Waals surface area contributed by atoms with Crippen LogP contribution in [0.5, 0.6) is 0 Å². The molecule has 0 bridgehead atoms. The number of carbonyl (C=O) groups is 1. The maximum atomic E-state index is 12.5. The summed E-state index contributed by atoms with van der Waals surface area (Å²) >= 11 is 0. The van der Waals surface area contributed by atoms with Crippen molar-refractivity contribution in [3.63, 3.8) is 0 Å². The smallest absolute Gasteiger partial charge is 0.293 e. The lowest BCUT2D eigenvalue weighted by atomic mass is 9.81. The molecule has 2 rings (SSSR count). The van der Waals surface area contributed by atoms with Gasteiger partial charge in [-0.15, -0.1) is 0 Å². The van der Waals surface area contributed by atoms with E-state index >= 15 is 0 Å². The summed E-state index contributed by atoms with van der Waals surface area (Å²) in [5.74, 6) is -0.287. The van der Waals surface area contributed by atoms with Crippen LogP contribution in [-0.2, 0) is 0 Å². The van der Waals surface area contributed by atoms with E-state index < -0.39 is 10.5 Å². The van der Waals surface area contributed by atoms with Crippen molar-refractivity contribution in [2.75, 3.05) is 5.32 Å². The first-order valence-corrected chi connectivity index (χ1v) is 8.34. The van der Waals surface area contributed by atoms with Crippen LogP contribution in [0.2, 0.25) is 0 Å². The van der Waals surface area contributed by atoms with Crippen molar-refractivity contribution in [3.8, 4) is 0 Å². The molecule has 1 saturated carbocycles. The number of rotatable bonds is 6. The third-order valence-electron chi connectivity index (χ3n) is 3.82. The second-order valence-electron chi connectivity index (χ2n) is 8.48. The highest BCUT2D eigenvalue weighted by Gasteiger charge is 2.29. The molecule has 1 aromatic carbocycles. The summed E-state index contributed by atoms with van der Waals surface area (Å²) in [5.41, 5.74) is 0.414. The Balaban J connectivity index is 2.17. The van der Waals surface area contributed by atoms with Gasteiger partial charge in [-0.05, 0) is 50.7 Å². The van der Waals surface area contributed by atoms with Gasteiger partial charge in [-0.2, -0.15) is 0 Å². The van der Waals surface area contributed by atoms with Gasteiger partial charge >= 0.3 is 0 Å². The molecule has 0 spiro atoms. The first-order valence-electron chi connectivity index (χ1n) is 8.34. The zero-order valence-electron chi connectivity index (χ0n) is 15.1. The average molecular weight is 333 g/mol. The summed E-state index contributed by atoms with van der Waals surface area (Å²) in [7, 11) is 0. The van der Waals surface area contributed by atoms with Crippen LogP contribution in [0.4, 0.5) is 11.4 Å². The van der Waals surface area contributed by atoms with Gasteiger partial charge in [-0.25, -0.2) is 0 Å². The molecule has 0 radical (unpaired) electrons. The highest BCUT2D eigenvalue weighted by atomic mass is 16.6. The highest BCUT2D eigenvalue weighted by Crippen LogP contribution is 2.32. The van der Waals surface area contributed by atoms with Crippen molar-refractivity contribution in [2.45, 2.75) is 65.5 Å². The summed E-state index contributed by atoms with van der Waals surface area (Å²) in [6, 6.07) is 4.93. The summed E-state index contributed by atoms with van der Waals surface area (Å²) in [6.07, 6.45) is 2.86. The lowest BCUT2D eigenvalue weighted by Crippen LogP contribution is -2.45. The quantitative estimate of drug-likeness (QED) is 0.606. The predicted molar refractivity (Wildman–Crippen MR) is 95.4 cm³/mol. The largest absolute Gasteiger partial charge is 0.377 e. The molecule has 1 amide bonds. The van der Waals surface area contributed by atoms with Crippen molar-refractivity contribution >= 4 is 17.3 Å². The van der Waals surface area contributed by atoms with Gasteiger partial charge in [0.15, 0.2) is 0 Å². The minimum atomic E-state index is -0.443. The molecule has 6 nitrogen and oxygen atoms in total. The number of amides is 1. The molecule has 24 heavy (non-hydrogen) atoms. The third-order valence-corrected chi connectivity index (χ3v) is 3.82. The Kier molecular flexibility index (Phi) is 4.87. The van der Waals surface area contributed by atoms with Gasteiger partial charge in [-0.1, -0.05) is 20.8 Å². The van der Waals surface area contributed by atoms with Crippen LogP contribution in [0.25, 0.3) is 0 Å². The van der Waals surface area contributed by atoms with E-state index in [-0.39, 0.29) is 17.0 Å². The number of nitro benzene ring substituents is 1. The van der Waals surface area contributed by atoms with E-state index in [0.717, 1.165) is 19.3 Å². The second-order valence-corrected chi connectivity index (χ2v) is 8.48. The number of nitro groups is 1. The van der Waals surface area contributed by atoms with Crippen LogP contribution in [0.1, 0.15) is 64.2 Å². The average Bonchev–Trinajstić information content (AvgIpc) is 3.19. The van der Waals surface area contributed by atoms with E-state index in [2.05, 4.69) is 31.4 Å². The van der Waals surface area contributed by atoms with E-state index in [1.54, 1.807) is 12.1 Å². The fourth-order valence-electron chi connectivity index (χ4n) is 3.14. The first-order chi connectivity index (χ1) is 11.0. The number of carbonyl (C=O) groups excluding carboxylic acids is 1. The molecule has 0 atom stereocenters. The van der Waals surface area contributed by atoms with Crippen molar-refractivity contribution in [1.29, 1.82) is 0 Å². The SMILES string of the molecule is CC(C)(C)CC(C)(C)NC(=O)c1ccc(NC2CC2)c([N+](=O)[O-])c1. The number of hydrogen-bond donors (Lipinski definition) is 2. The maximum Gasteiger partial charge on any atom is 0.293 e. The van der Waals surface area contributed by atoms with Gasteiger partial charge in [0.05, 0.1) is 4.92 Å². The molecule has 0 aliphatic heterocycles. The molecular formula is C18H27N3O3. The van der Waals surface area contributed by atoms with Crippen LogP contribution < -0.4 is 10.6 Å². The van der Waals surface area contributed by atoms with Crippen molar-refractivity contribution < 1.29 is 9.72 Å². The van der Waals surface area contributed by atoms with Gasteiger partial charge in [0.25, 0.3) is 11.6 Å². The Morgan fingerprint density at radius 3 is 2.38 bits per heavy atom. The fraction of sp³-hybridized carbons (Fsp3) is 0.611. The zero-order chi connectivity index (χ0) is 18.1. The minimum absolute atomic E-state index is 0.0526. The Bertz CT molecular complexity index is 643. The van der Waals surface area contributed by atoms with E-state index in [1.807, 2.05) is 13.8 Å². The fourth-order valence-corrected chi connectivity index (χ4v) is 3.14. The molecule has 0 unspecified atom stereocenters. The lowest BCUT2D eigenvalue weighted by Gasteiger charge is -2.33. The summed E-state index contributed by atoms with van der Waals surface area (Å²) in [6.45, 7) is 10.3. The van der Waals surface area contributed by atoms with E-state index in [9.17, 15) is 14.9 Å². The van der Waals surface area contributed by atoms with Gasteiger partial charge in [-0.3, -0.25) is 14.9 Å². The predicted octanol–water partition coefficient (Wildman–Crippen LogP) is 4.11. The van der Waals surface area contributed by atoms with Crippen LogP contribution in [-0.4, -0.2) is 22.4 Å². The van der Waals surface area contributed by atoms with Crippen molar-refractivity contribution in [2.24, 2.45) is 5.41 Å². The van der Waals surface area contributed by atoms with E-state index in [1.165, 1.54) is 6.07 Å². The van der Waals surface area contributed by atoms with Gasteiger partial charge in [0.2, 0.25) is 0 Å². The van der Waals surface area contributed by atoms with Gasteiger partial charge in [0, 0.05) is 23.2 Å². The number of nitrogens with one attached hydrogen (secondary N) is 2. The highest BCUT2D eigenvalue weighted by molar-refractivity contribution is 5.96. The molecule has 1 aliphatic carbocycles. The summed E-state index contributed by atoms with van der Waals surface area (Å²) in [4.78, 5) is 23.4. The lowest BCUT2D eigenvalue weighted by molar-refractivity contribution is -0.384. The minimum Gasteiger partial charge on any atom is -0.377 e. The number of hydrogen-bond acceptors (Lipinski definition) is 4. The molecule has 0 aromatic heterocycles. The first kappa shape index (κ1) is 18.2. The Morgan fingerprint density at radius 2 is 1.88 bits per heavy atom. The van der Waals surface area contributed by atoms with Crippen LogP contribution >= 0.6 is 0 Å². The van der Waals surface area contributed by atoms with E-state index in [4.69, 9.17) is 0 Å². The molecule has 1 fully saturated rings. The molecule has 1 aromatic rings. The van der Waals surface area contributed by atoms with Gasteiger partial charge < -0.3 is 10.6 Å². The number of benzene rings is 1. The van der Waals surface area contributed by atoms with Crippen LogP contribution in [0, 0.1) is 15.5 Å². The van der Waals surface area contributed by atoms with Crippen molar-refractivity contribution in [1.82, 2.24) is 5.32 Å². The Morgan fingerprint density at radius 1 is 1.25 bits per heavy atom. The van der Waals surface area contributed by atoms with Crippen molar-refractivity contribution in [3.05, 3.63) is 33.9 Å². The monoisotopic (exact) mass is 333 g/mol. The second kappa shape index (κ2) is 6.42. The standard InChI is InChI=1S/C18H27N3O3/c1-17(2,3)11-18(4,5)20-16(22)12-6-9-14(19-13-7-8-13)15(10-12)21(23)24/h6,9-10,13,19H,7-8,11H2,1-5H3,(H,20,22). The molecular weight excluding hydrogens is 306 g/mol. The summed E-state index contributed by atoms with van der Waals surface area (Å²) < 4.78 is 0. The third kappa shape index (κ3) is 5.22. The summed E-state index contributed by atoms with van der Waals surface area (Å²) in [5, 5.41) is 17.4. The zero-order valence-corrected chi connectivity index (χ0v) is 15.1. The van der Waals surface area contributed by atoms with E-state index in [0.29, 0.717) is 17.3 Å². The molecule has 0 heterocycles. The Labute approximate surface area is 143 Å². The normalized spacial score (nSPS) is 15.0. The molecule has 6 heteroatoms. The molecule has 132 valence electrons. The molecule has 2 N–H and O–H groups in total. The van der Waals surface area contributed by atoms with Crippen LogP contribution in [0.3, 0.4) is 0 Å². The molecule has 1 aliphatic rings. The van der Waals surface area contributed by atoms with Gasteiger partial charge in [0.1, 0.15) is 5.69 Å². The topological polar surface area (TPSA) is 84.3 Å². The Hall–Kier alpha value is -2.11. The number of nitrogens with zero attached hydrogens (tertiary/aromatic N) is 1.